The Labute approximate surface area is 92.6 Å². The van der Waals surface area contributed by atoms with Gasteiger partial charge in [0.05, 0.1) is 5.69 Å². The number of rotatable bonds is 5. The number of ether oxygens (including phenoxy) is 1. The summed E-state index contributed by atoms with van der Waals surface area (Å²) in [5.41, 5.74) is 0.832. The summed E-state index contributed by atoms with van der Waals surface area (Å²) in [6.07, 6.45) is 1.45. The van der Waals surface area contributed by atoms with E-state index in [1.54, 1.807) is 13.8 Å². The van der Waals surface area contributed by atoms with Crippen LogP contribution in [-0.2, 0) is 9.53 Å². The number of anilines is 1. The molecule has 0 fully saturated rings. The number of nitrogens with one attached hydrogen (secondary N) is 2. The Hall–Kier alpha value is -1.82. The first-order valence-corrected chi connectivity index (χ1v) is 4.85. The summed E-state index contributed by atoms with van der Waals surface area (Å²) < 4.78 is 4.90. The molecule has 1 aromatic heterocycles. The Balaban J connectivity index is 2.74. The Bertz CT molecular complexity index is 398. The molecule has 0 radical (unpaired) electrons. The predicted molar refractivity (Wildman–Crippen MR) is 57.6 cm³/mol. The third-order valence-corrected chi connectivity index (χ3v) is 2.00. The van der Waals surface area contributed by atoms with E-state index in [-0.39, 0.29) is 23.8 Å². The number of carboxylic acid groups (broad SMARTS) is 1. The SMILES string of the molecule is CCOCC(=O)Nc1c[nH]c(C)c1C(=O)O. The van der Waals surface area contributed by atoms with Gasteiger partial charge in [-0.05, 0) is 13.8 Å². The molecule has 0 aliphatic carbocycles. The van der Waals surface area contributed by atoms with E-state index in [4.69, 9.17) is 9.84 Å². The van der Waals surface area contributed by atoms with Crippen molar-refractivity contribution in [1.29, 1.82) is 0 Å². The van der Waals surface area contributed by atoms with Gasteiger partial charge < -0.3 is 20.1 Å². The summed E-state index contributed by atoms with van der Waals surface area (Å²) in [4.78, 5) is 25.0. The van der Waals surface area contributed by atoms with Crippen LogP contribution in [-0.4, -0.2) is 35.2 Å². The molecular weight excluding hydrogens is 212 g/mol. The number of hydrogen-bond donors (Lipinski definition) is 3. The fraction of sp³-hybridized carbons (Fsp3) is 0.400. The maximum Gasteiger partial charge on any atom is 0.339 e. The lowest BCUT2D eigenvalue weighted by molar-refractivity contribution is -0.120. The van der Waals surface area contributed by atoms with Gasteiger partial charge in [-0.3, -0.25) is 4.79 Å². The molecule has 6 nitrogen and oxygen atoms in total. The first-order valence-electron chi connectivity index (χ1n) is 4.85. The number of carbonyl (C=O) groups excluding carboxylic acids is 1. The summed E-state index contributed by atoms with van der Waals surface area (Å²) in [5.74, 6) is -1.45. The zero-order valence-corrected chi connectivity index (χ0v) is 9.16. The first kappa shape index (κ1) is 12.3. The lowest BCUT2D eigenvalue weighted by Crippen LogP contribution is -2.19. The molecule has 0 aliphatic rings. The highest BCUT2D eigenvalue weighted by Crippen LogP contribution is 2.18. The van der Waals surface area contributed by atoms with Gasteiger partial charge in [-0.25, -0.2) is 4.79 Å². The minimum atomic E-state index is -1.08. The van der Waals surface area contributed by atoms with Crippen LogP contribution >= 0.6 is 0 Å². The van der Waals surface area contributed by atoms with Crippen LogP contribution in [0, 0.1) is 6.92 Å². The van der Waals surface area contributed by atoms with Crippen molar-refractivity contribution in [1.82, 2.24) is 4.98 Å². The Kier molecular flexibility index (Phi) is 4.07. The van der Waals surface area contributed by atoms with Gasteiger partial charge in [0.25, 0.3) is 0 Å². The molecule has 6 heteroatoms. The van der Waals surface area contributed by atoms with Crippen LogP contribution in [0.1, 0.15) is 23.0 Å². The van der Waals surface area contributed by atoms with Crippen molar-refractivity contribution >= 4 is 17.6 Å². The molecule has 0 aliphatic heterocycles. The van der Waals surface area contributed by atoms with E-state index >= 15 is 0 Å². The van der Waals surface area contributed by atoms with Gasteiger partial charge in [-0.1, -0.05) is 0 Å². The number of aromatic amines is 1. The molecule has 3 N–H and O–H groups in total. The summed E-state index contributed by atoms with van der Waals surface area (Å²) in [7, 11) is 0. The third-order valence-electron chi connectivity index (χ3n) is 2.00. The number of H-pyrrole nitrogens is 1. The van der Waals surface area contributed by atoms with Crippen LogP contribution < -0.4 is 5.32 Å². The highest BCUT2D eigenvalue weighted by atomic mass is 16.5. The zero-order chi connectivity index (χ0) is 12.1. The first-order chi connectivity index (χ1) is 7.56. The minimum absolute atomic E-state index is 0.0739. The number of aromatic nitrogens is 1. The average molecular weight is 226 g/mol. The summed E-state index contributed by atoms with van der Waals surface area (Å²) in [6, 6.07) is 0. The van der Waals surface area contributed by atoms with Gasteiger partial charge in [0.15, 0.2) is 0 Å². The molecule has 0 unspecified atom stereocenters. The van der Waals surface area contributed by atoms with Crippen LogP contribution in [0.4, 0.5) is 5.69 Å². The maximum atomic E-state index is 11.3. The third kappa shape index (κ3) is 2.83. The Morgan fingerprint density at radius 3 is 2.81 bits per heavy atom. The number of aryl methyl sites for hydroxylation is 1. The highest BCUT2D eigenvalue weighted by Gasteiger charge is 2.16. The van der Waals surface area contributed by atoms with E-state index in [0.29, 0.717) is 12.3 Å². The van der Waals surface area contributed by atoms with E-state index in [1.807, 2.05) is 0 Å². The van der Waals surface area contributed by atoms with Crippen molar-refractivity contribution in [3.63, 3.8) is 0 Å². The van der Waals surface area contributed by atoms with E-state index in [1.165, 1.54) is 6.20 Å². The van der Waals surface area contributed by atoms with Gasteiger partial charge in [0.1, 0.15) is 12.2 Å². The molecule has 0 bridgehead atoms. The molecule has 1 heterocycles. The van der Waals surface area contributed by atoms with Gasteiger partial charge in [-0.2, -0.15) is 0 Å². The summed E-state index contributed by atoms with van der Waals surface area (Å²) in [6.45, 7) is 3.75. The monoisotopic (exact) mass is 226 g/mol. The van der Waals surface area contributed by atoms with Crippen LogP contribution in [0.25, 0.3) is 0 Å². The topological polar surface area (TPSA) is 91.4 Å². The lowest BCUT2D eigenvalue weighted by atomic mass is 10.2. The number of carbonyl (C=O) groups is 2. The fourth-order valence-electron chi connectivity index (χ4n) is 1.28. The maximum absolute atomic E-state index is 11.3. The van der Waals surface area contributed by atoms with Crippen molar-refractivity contribution < 1.29 is 19.4 Å². The number of aromatic carboxylic acids is 1. The number of carboxylic acids is 1. The van der Waals surface area contributed by atoms with Gasteiger partial charge in [0, 0.05) is 18.5 Å². The molecule has 0 atom stereocenters. The Morgan fingerprint density at radius 1 is 1.56 bits per heavy atom. The van der Waals surface area contributed by atoms with Crippen molar-refractivity contribution in [2.24, 2.45) is 0 Å². The molecule has 0 saturated carbocycles. The Morgan fingerprint density at radius 2 is 2.25 bits per heavy atom. The van der Waals surface area contributed by atoms with Crippen molar-refractivity contribution in [3.8, 4) is 0 Å². The van der Waals surface area contributed by atoms with E-state index in [2.05, 4.69) is 10.3 Å². The van der Waals surface area contributed by atoms with Crippen LogP contribution in [0.15, 0.2) is 6.20 Å². The minimum Gasteiger partial charge on any atom is -0.478 e. The standard InChI is InChI=1S/C10H14N2O4/c1-3-16-5-8(13)12-7-4-11-6(2)9(7)10(14)15/h4,11H,3,5H2,1-2H3,(H,12,13)(H,14,15). The van der Waals surface area contributed by atoms with Crippen LogP contribution in [0.3, 0.4) is 0 Å². The van der Waals surface area contributed by atoms with Crippen molar-refractivity contribution in [3.05, 3.63) is 17.5 Å². The molecule has 1 aromatic rings. The largest absolute Gasteiger partial charge is 0.478 e. The molecule has 16 heavy (non-hydrogen) atoms. The van der Waals surface area contributed by atoms with Gasteiger partial charge in [-0.15, -0.1) is 0 Å². The zero-order valence-electron chi connectivity index (χ0n) is 9.16. The van der Waals surface area contributed by atoms with Crippen molar-refractivity contribution in [2.75, 3.05) is 18.5 Å². The smallest absolute Gasteiger partial charge is 0.339 e. The molecule has 1 rings (SSSR count). The van der Waals surface area contributed by atoms with Crippen LogP contribution in [0.5, 0.6) is 0 Å². The second-order valence-corrected chi connectivity index (χ2v) is 3.19. The van der Waals surface area contributed by atoms with Gasteiger partial charge >= 0.3 is 5.97 Å². The highest BCUT2D eigenvalue weighted by molar-refractivity contribution is 6.01. The predicted octanol–water partition coefficient (Wildman–Crippen LogP) is 0.996. The van der Waals surface area contributed by atoms with E-state index in [9.17, 15) is 9.59 Å². The normalized spacial score (nSPS) is 10.1. The number of amides is 1. The molecular formula is C10H14N2O4. The molecule has 1 amide bonds. The van der Waals surface area contributed by atoms with E-state index < -0.39 is 5.97 Å². The molecule has 88 valence electrons. The molecule has 0 aromatic carbocycles. The lowest BCUT2D eigenvalue weighted by Gasteiger charge is -2.04. The fourth-order valence-corrected chi connectivity index (χ4v) is 1.28. The average Bonchev–Trinajstić information content (AvgIpc) is 2.56. The molecule has 0 spiro atoms. The van der Waals surface area contributed by atoms with Gasteiger partial charge in [0.2, 0.25) is 5.91 Å². The van der Waals surface area contributed by atoms with Crippen LogP contribution in [0.2, 0.25) is 0 Å². The van der Waals surface area contributed by atoms with Crippen molar-refractivity contribution in [2.45, 2.75) is 13.8 Å². The summed E-state index contributed by atoms with van der Waals surface area (Å²) in [5, 5.41) is 11.4. The number of hydrogen-bond acceptors (Lipinski definition) is 3. The van der Waals surface area contributed by atoms with E-state index in [0.717, 1.165) is 0 Å². The molecule has 0 saturated heterocycles. The summed E-state index contributed by atoms with van der Waals surface area (Å²) >= 11 is 0. The second-order valence-electron chi connectivity index (χ2n) is 3.19. The quantitative estimate of drug-likeness (QED) is 0.698. The second kappa shape index (κ2) is 5.32.